The maximum absolute atomic E-state index is 12.5. The molecule has 2 amide bonds. The van der Waals surface area contributed by atoms with Gasteiger partial charge in [-0.3, -0.25) is 4.90 Å². The first-order chi connectivity index (χ1) is 11.2. The van der Waals surface area contributed by atoms with Gasteiger partial charge in [0.05, 0.1) is 11.6 Å². The van der Waals surface area contributed by atoms with Crippen molar-refractivity contribution in [3.63, 3.8) is 0 Å². The second-order valence-corrected chi connectivity index (χ2v) is 5.25. The SMILES string of the molecule is O=C(O)N1CCN(C(=O)O)C(C=Cc2ccc(C(F)(F)F)cc2)C1. The Morgan fingerprint density at radius 1 is 1.08 bits per heavy atom. The highest BCUT2D eigenvalue weighted by atomic mass is 19.4. The Bertz CT molecular complexity index is 643. The molecule has 130 valence electrons. The first kappa shape index (κ1) is 17.6. The van der Waals surface area contributed by atoms with Crippen LogP contribution < -0.4 is 0 Å². The van der Waals surface area contributed by atoms with Gasteiger partial charge in [0.15, 0.2) is 0 Å². The van der Waals surface area contributed by atoms with Crippen molar-refractivity contribution in [2.45, 2.75) is 12.2 Å². The van der Waals surface area contributed by atoms with E-state index in [-0.39, 0.29) is 19.6 Å². The van der Waals surface area contributed by atoms with Gasteiger partial charge < -0.3 is 15.1 Å². The molecule has 0 spiro atoms. The van der Waals surface area contributed by atoms with E-state index in [9.17, 15) is 22.8 Å². The summed E-state index contributed by atoms with van der Waals surface area (Å²) in [6.07, 6.45) is -3.79. The molecule has 0 saturated carbocycles. The highest BCUT2D eigenvalue weighted by Crippen LogP contribution is 2.29. The van der Waals surface area contributed by atoms with E-state index in [0.717, 1.165) is 21.9 Å². The topological polar surface area (TPSA) is 81.1 Å². The van der Waals surface area contributed by atoms with E-state index in [1.807, 2.05) is 0 Å². The molecule has 1 fully saturated rings. The highest BCUT2D eigenvalue weighted by Gasteiger charge is 2.31. The summed E-state index contributed by atoms with van der Waals surface area (Å²) in [6, 6.07) is 3.69. The Kier molecular flexibility index (Phi) is 5.01. The monoisotopic (exact) mass is 344 g/mol. The van der Waals surface area contributed by atoms with Gasteiger partial charge in [0.2, 0.25) is 0 Å². The summed E-state index contributed by atoms with van der Waals surface area (Å²) in [5, 5.41) is 18.2. The maximum atomic E-state index is 12.5. The van der Waals surface area contributed by atoms with Crippen LogP contribution in [0.25, 0.3) is 6.08 Å². The van der Waals surface area contributed by atoms with Gasteiger partial charge in [0.1, 0.15) is 0 Å². The average molecular weight is 344 g/mol. The average Bonchev–Trinajstić information content (AvgIpc) is 2.52. The van der Waals surface area contributed by atoms with Crippen LogP contribution in [0, 0.1) is 0 Å². The summed E-state index contributed by atoms with van der Waals surface area (Å²) in [4.78, 5) is 24.4. The van der Waals surface area contributed by atoms with Crippen LogP contribution in [0.15, 0.2) is 30.3 Å². The number of piperazine rings is 1. The molecule has 9 heteroatoms. The molecule has 0 aromatic heterocycles. The number of rotatable bonds is 2. The molecular weight excluding hydrogens is 329 g/mol. The van der Waals surface area contributed by atoms with Crippen LogP contribution in [0.5, 0.6) is 0 Å². The number of hydrogen-bond acceptors (Lipinski definition) is 2. The molecule has 6 nitrogen and oxygen atoms in total. The molecule has 1 atom stereocenters. The minimum absolute atomic E-state index is 0.0290. The number of halogens is 3. The third kappa shape index (κ3) is 4.18. The molecule has 1 aromatic carbocycles. The number of nitrogens with zero attached hydrogens (tertiary/aromatic N) is 2. The van der Waals surface area contributed by atoms with E-state index >= 15 is 0 Å². The lowest BCUT2D eigenvalue weighted by atomic mass is 10.1. The van der Waals surface area contributed by atoms with Gasteiger partial charge in [-0.05, 0) is 17.7 Å². The predicted octanol–water partition coefficient (Wildman–Crippen LogP) is 3.06. The Morgan fingerprint density at radius 2 is 1.71 bits per heavy atom. The third-order valence-corrected chi connectivity index (χ3v) is 3.68. The van der Waals surface area contributed by atoms with Crippen LogP contribution in [0.3, 0.4) is 0 Å². The number of carbonyl (C=O) groups is 2. The van der Waals surface area contributed by atoms with E-state index in [2.05, 4.69) is 0 Å². The summed E-state index contributed by atoms with van der Waals surface area (Å²) >= 11 is 0. The number of hydrogen-bond donors (Lipinski definition) is 2. The molecule has 0 radical (unpaired) electrons. The second-order valence-electron chi connectivity index (χ2n) is 5.25. The number of carboxylic acid groups (broad SMARTS) is 2. The Hall–Kier alpha value is -2.71. The highest BCUT2D eigenvalue weighted by molar-refractivity contribution is 5.69. The van der Waals surface area contributed by atoms with Crippen LogP contribution >= 0.6 is 0 Å². The second kappa shape index (κ2) is 6.81. The summed E-state index contributed by atoms with van der Waals surface area (Å²) in [5.41, 5.74) is -0.317. The van der Waals surface area contributed by atoms with Gasteiger partial charge in [-0.25, -0.2) is 9.59 Å². The van der Waals surface area contributed by atoms with Gasteiger partial charge in [-0.1, -0.05) is 24.3 Å². The standard InChI is InChI=1S/C15H15F3N2O4/c16-15(17,18)11-4-1-10(2-5-11)3-6-12-9-19(13(21)22)7-8-20(12)14(23)24/h1-6,12H,7-9H2,(H,21,22)(H,23,24). The van der Waals surface area contributed by atoms with Crippen molar-refractivity contribution in [2.24, 2.45) is 0 Å². The van der Waals surface area contributed by atoms with Gasteiger partial charge in [0, 0.05) is 19.6 Å². The molecule has 1 aliphatic heterocycles. The molecule has 1 saturated heterocycles. The first-order valence-corrected chi connectivity index (χ1v) is 7.01. The maximum Gasteiger partial charge on any atom is 0.416 e. The quantitative estimate of drug-likeness (QED) is 0.864. The minimum atomic E-state index is -4.42. The van der Waals surface area contributed by atoms with Crippen LogP contribution in [0.1, 0.15) is 11.1 Å². The molecule has 1 aliphatic rings. The van der Waals surface area contributed by atoms with Crippen molar-refractivity contribution in [3.05, 3.63) is 41.5 Å². The summed E-state index contributed by atoms with van der Waals surface area (Å²) in [7, 11) is 0. The zero-order valence-corrected chi connectivity index (χ0v) is 12.4. The van der Waals surface area contributed by atoms with Crippen molar-refractivity contribution in [1.82, 2.24) is 9.80 Å². The molecule has 24 heavy (non-hydrogen) atoms. The molecule has 1 heterocycles. The van der Waals surface area contributed by atoms with Gasteiger partial charge in [-0.15, -0.1) is 0 Å². The molecule has 2 N–H and O–H groups in total. The smallest absolute Gasteiger partial charge is 0.416 e. The van der Waals surface area contributed by atoms with E-state index in [1.54, 1.807) is 0 Å². The number of alkyl halides is 3. The zero-order valence-electron chi connectivity index (χ0n) is 12.4. The molecule has 1 unspecified atom stereocenters. The Labute approximate surface area is 135 Å². The fraction of sp³-hybridized carbons (Fsp3) is 0.333. The number of benzene rings is 1. The van der Waals surface area contributed by atoms with Crippen LogP contribution in [-0.2, 0) is 6.18 Å². The van der Waals surface area contributed by atoms with Crippen molar-refractivity contribution in [2.75, 3.05) is 19.6 Å². The molecule has 0 bridgehead atoms. The largest absolute Gasteiger partial charge is 0.465 e. The summed E-state index contributed by atoms with van der Waals surface area (Å²) in [6.45, 7) is 0.0780. The lowest BCUT2D eigenvalue weighted by Crippen LogP contribution is -2.55. The summed E-state index contributed by atoms with van der Waals surface area (Å²) in [5.74, 6) is 0. The van der Waals surface area contributed by atoms with E-state index in [1.165, 1.54) is 24.3 Å². The molecule has 1 aromatic rings. The van der Waals surface area contributed by atoms with Gasteiger partial charge in [-0.2, -0.15) is 13.2 Å². The Balaban J connectivity index is 2.14. The minimum Gasteiger partial charge on any atom is -0.465 e. The Morgan fingerprint density at radius 3 is 2.21 bits per heavy atom. The fourth-order valence-corrected chi connectivity index (χ4v) is 2.39. The lowest BCUT2D eigenvalue weighted by molar-refractivity contribution is -0.137. The van der Waals surface area contributed by atoms with Gasteiger partial charge in [0.25, 0.3) is 0 Å². The molecule has 2 rings (SSSR count). The van der Waals surface area contributed by atoms with Gasteiger partial charge >= 0.3 is 18.4 Å². The van der Waals surface area contributed by atoms with Crippen LogP contribution in [0.2, 0.25) is 0 Å². The van der Waals surface area contributed by atoms with E-state index in [4.69, 9.17) is 10.2 Å². The molecule has 0 aliphatic carbocycles. The lowest BCUT2D eigenvalue weighted by Gasteiger charge is -2.37. The van der Waals surface area contributed by atoms with E-state index < -0.39 is 30.0 Å². The third-order valence-electron chi connectivity index (χ3n) is 3.68. The summed E-state index contributed by atoms with van der Waals surface area (Å²) < 4.78 is 37.5. The van der Waals surface area contributed by atoms with Crippen molar-refractivity contribution in [3.8, 4) is 0 Å². The zero-order chi connectivity index (χ0) is 17.9. The van der Waals surface area contributed by atoms with Crippen molar-refractivity contribution >= 4 is 18.3 Å². The fourth-order valence-electron chi connectivity index (χ4n) is 2.39. The predicted molar refractivity (Wildman–Crippen MR) is 78.6 cm³/mol. The number of amides is 2. The normalized spacial score (nSPS) is 18.9. The van der Waals surface area contributed by atoms with E-state index in [0.29, 0.717) is 5.56 Å². The first-order valence-electron chi connectivity index (χ1n) is 7.01. The van der Waals surface area contributed by atoms with Crippen molar-refractivity contribution in [1.29, 1.82) is 0 Å². The van der Waals surface area contributed by atoms with Crippen molar-refractivity contribution < 1.29 is 33.0 Å². The van der Waals surface area contributed by atoms with Crippen LogP contribution in [0.4, 0.5) is 22.8 Å². The molecular formula is C15H15F3N2O4. The van der Waals surface area contributed by atoms with Crippen LogP contribution in [-0.4, -0.2) is 57.9 Å².